The van der Waals surface area contributed by atoms with E-state index >= 15 is 0 Å². The SMILES string of the molecule is COC(=O)[C@@H]1[C@@H](O)CCN1C(=O)OC(C)(C)C.COC(=O)[C@H]1[C@H](O)CCN1C(=O)OC(C)(C)C. The van der Waals surface area contributed by atoms with Gasteiger partial charge >= 0.3 is 24.1 Å². The summed E-state index contributed by atoms with van der Waals surface area (Å²) < 4.78 is 19.5. The number of esters is 2. The van der Waals surface area contributed by atoms with Gasteiger partial charge in [-0.15, -0.1) is 0 Å². The van der Waals surface area contributed by atoms with E-state index in [1.165, 1.54) is 24.0 Å². The van der Waals surface area contributed by atoms with Crippen LogP contribution in [0.5, 0.6) is 0 Å². The summed E-state index contributed by atoms with van der Waals surface area (Å²) in [6.07, 6.45) is -2.31. The fourth-order valence-corrected chi connectivity index (χ4v) is 3.41. The van der Waals surface area contributed by atoms with Gasteiger partial charge in [0.05, 0.1) is 26.4 Å². The quantitative estimate of drug-likeness (QED) is 0.424. The molecule has 0 bridgehead atoms. The first-order valence-corrected chi connectivity index (χ1v) is 11.0. The lowest BCUT2D eigenvalue weighted by Crippen LogP contribution is -2.47. The van der Waals surface area contributed by atoms with E-state index in [0.717, 1.165) is 0 Å². The Bertz CT molecular complexity index is 681. The molecule has 4 atom stereocenters. The number of likely N-dealkylation sites (tertiary alicyclic amines) is 2. The van der Waals surface area contributed by atoms with Crippen molar-refractivity contribution in [3.05, 3.63) is 0 Å². The number of hydrogen-bond donors (Lipinski definition) is 2. The van der Waals surface area contributed by atoms with E-state index in [9.17, 15) is 29.4 Å². The first-order valence-electron chi connectivity index (χ1n) is 11.0. The molecule has 0 radical (unpaired) electrons. The summed E-state index contributed by atoms with van der Waals surface area (Å²) in [5.41, 5.74) is -1.27. The molecule has 12 nitrogen and oxygen atoms in total. The number of carbonyl (C=O) groups excluding carboxylic acids is 4. The summed E-state index contributed by atoms with van der Waals surface area (Å²) >= 11 is 0. The number of ether oxygens (including phenoxy) is 4. The second kappa shape index (κ2) is 11.7. The smallest absolute Gasteiger partial charge is 0.411 e. The highest BCUT2D eigenvalue weighted by atomic mass is 16.6. The van der Waals surface area contributed by atoms with Crippen molar-refractivity contribution in [1.29, 1.82) is 0 Å². The standard InChI is InChI=1S/2C11H19NO5/c2*1-11(2,3)17-10(15)12-6-5-7(13)8(12)9(14)16-4/h2*7-8,13H,5-6H2,1-4H3/t2*7-,8-/m10/s1. The third-order valence-electron chi connectivity index (χ3n) is 4.87. The van der Waals surface area contributed by atoms with Crippen molar-refractivity contribution >= 4 is 24.1 Å². The Morgan fingerprint density at radius 3 is 1.21 bits per heavy atom. The monoisotopic (exact) mass is 490 g/mol. The van der Waals surface area contributed by atoms with E-state index in [2.05, 4.69) is 9.47 Å². The van der Waals surface area contributed by atoms with Gasteiger partial charge in [0.2, 0.25) is 0 Å². The van der Waals surface area contributed by atoms with Gasteiger partial charge < -0.3 is 29.2 Å². The minimum Gasteiger partial charge on any atom is -0.467 e. The zero-order valence-corrected chi connectivity index (χ0v) is 21.2. The van der Waals surface area contributed by atoms with Crippen LogP contribution in [0.15, 0.2) is 0 Å². The first-order chi connectivity index (χ1) is 15.5. The van der Waals surface area contributed by atoms with Crippen molar-refractivity contribution < 1.29 is 48.3 Å². The predicted octanol–water partition coefficient (Wildman–Crippen LogP) is 1.06. The van der Waals surface area contributed by atoms with Crippen LogP contribution in [0.2, 0.25) is 0 Å². The van der Waals surface area contributed by atoms with Crippen LogP contribution < -0.4 is 0 Å². The van der Waals surface area contributed by atoms with E-state index in [1.54, 1.807) is 41.5 Å². The molecule has 0 aliphatic carbocycles. The van der Waals surface area contributed by atoms with Crippen LogP contribution in [0, 0.1) is 0 Å². The van der Waals surface area contributed by atoms with Crippen LogP contribution in [-0.2, 0) is 28.5 Å². The van der Waals surface area contributed by atoms with E-state index < -0.39 is 59.6 Å². The number of methoxy groups -OCH3 is 2. The van der Waals surface area contributed by atoms with Crippen LogP contribution in [0.4, 0.5) is 9.59 Å². The second-order valence-corrected chi connectivity index (χ2v) is 10.00. The van der Waals surface area contributed by atoms with Crippen molar-refractivity contribution in [1.82, 2.24) is 9.80 Å². The van der Waals surface area contributed by atoms with Crippen molar-refractivity contribution in [2.75, 3.05) is 27.3 Å². The summed E-state index contributed by atoms with van der Waals surface area (Å²) in [4.78, 5) is 49.0. The molecule has 34 heavy (non-hydrogen) atoms. The van der Waals surface area contributed by atoms with Gasteiger partial charge in [-0.05, 0) is 54.4 Å². The number of carbonyl (C=O) groups is 4. The molecule has 2 heterocycles. The molecule has 0 aromatic rings. The zero-order valence-electron chi connectivity index (χ0n) is 21.2. The maximum absolute atomic E-state index is 11.8. The minimum atomic E-state index is -0.963. The predicted molar refractivity (Wildman–Crippen MR) is 119 cm³/mol. The van der Waals surface area contributed by atoms with Gasteiger partial charge in [0.15, 0.2) is 12.1 Å². The fraction of sp³-hybridized carbons (Fsp3) is 0.818. The molecule has 2 amide bonds. The normalized spacial score (nSPS) is 24.6. The van der Waals surface area contributed by atoms with E-state index in [-0.39, 0.29) is 13.1 Å². The Morgan fingerprint density at radius 1 is 0.676 bits per heavy atom. The average Bonchev–Trinajstić information content (AvgIpc) is 3.27. The molecule has 2 rings (SSSR count). The first kappa shape index (κ1) is 29.4. The van der Waals surface area contributed by atoms with E-state index in [1.807, 2.05) is 0 Å². The van der Waals surface area contributed by atoms with Crippen molar-refractivity contribution in [2.45, 2.75) is 89.9 Å². The number of aliphatic hydroxyl groups excluding tert-OH is 2. The van der Waals surface area contributed by atoms with E-state index in [4.69, 9.17) is 9.47 Å². The number of aliphatic hydroxyl groups is 2. The second-order valence-electron chi connectivity index (χ2n) is 10.00. The molecule has 196 valence electrons. The molecule has 2 aliphatic rings. The Labute approximate surface area is 200 Å². The van der Waals surface area contributed by atoms with Crippen LogP contribution >= 0.6 is 0 Å². The van der Waals surface area contributed by atoms with Crippen LogP contribution in [0.1, 0.15) is 54.4 Å². The van der Waals surface area contributed by atoms with Gasteiger partial charge in [0, 0.05) is 13.1 Å². The highest BCUT2D eigenvalue weighted by Gasteiger charge is 2.44. The number of rotatable bonds is 2. The van der Waals surface area contributed by atoms with Gasteiger partial charge in [0.25, 0.3) is 0 Å². The molecule has 0 aromatic heterocycles. The largest absolute Gasteiger partial charge is 0.467 e. The van der Waals surface area contributed by atoms with Gasteiger partial charge in [0.1, 0.15) is 11.2 Å². The molecule has 2 N–H and O–H groups in total. The highest BCUT2D eigenvalue weighted by Crippen LogP contribution is 2.23. The van der Waals surface area contributed by atoms with Gasteiger partial charge in [-0.1, -0.05) is 0 Å². The molecule has 0 unspecified atom stereocenters. The van der Waals surface area contributed by atoms with Gasteiger partial charge in [-0.3, -0.25) is 9.80 Å². The maximum atomic E-state index is 11.8. The third kappa shape index (κ3) is 8.32. The summed E-state index contributed by atoms with van der Waals surface area (Å²) in [5, 5.41) is 19.3. The average molecular weight is 491 g/mol. The molecule has 2 saturated heterocycles. The number of hydrogen-bond acceptors (Lipinski definition) is 10. The van der Waals surface area contributed by atoms with E-state index in [0.29, 0.717) is 12.8 Å². The van der Waals surface area contributed by atoms with Crippen molar-refractivity contribution in [2.24, 2.45) is 0 Å². The topological polar surface area (TPSA) is 152 Å². The van der Waals surface area contributed by atoms with Gasteiger partial charge in [-0.25, -0.2) is 19.2 Å². The number of amides is 2. The maximum Gasteiger partial charge on any atom is 0.411 e. The Balaban J connectivity index is 0.000000340. The molecular formula is C22H38N2O10. The molecule has 0 aromatic carbocycles. The fourth-order valence-electron chi connectivity index (χ4n) is 3.41. The summed E-state index contributed by atoms with van der Waals surface area (Å²) in [7, 11) is 2.45. The van der Waals surface area contributed by atoms with Crippen molar-refractivity contribution in [3.8, 4) is 0 Å². The Morgan fingerprint density at radius 2 is 0.971 bits per heavy atom. The van der Waals surface area contributed by atoms with Crippen LogP contribution in [0.3, 0.4) is 0 Å². The molecular weight excluding hydrogens is 452 g/mol. The molecule has 2 fully saturated rings. The minimum absolute atomic E-state index is 0.288. The third-order valence-corrected chi connectivity index (χ3v) is 4.87. The van der Waals surface area contributed by atoms with Crippen LogP contribution in [0.25, 0.3) is 0 Å². The summed E-state index contributed by atoms with van der Waals surface area (Å²) in [6.45, 7) is 11.0. The lowest BCUT2D eigenvalue weighted by molar-refractivity contribution is -0.149. The van der Waals surface area contributed by atoms with Gasteiger partial charge in [-0.2, -0.15) is 0 Å². The van der Waals surface area contributed by atoms with Crippen LogP contribution in [-0.4, -0.2) is 107 Å². The summed E-state index contributed by atoms with van der Waals surface area (Å²) in [5.74, 6) is -1.25. The molecule has 2 aliphatic heterocycles. The molecule has 0 saturated carbocycles. The lowest BCUT2D eigenvalue weighted by Gasteiger charge is -2.27. The summed E-state index contributed by atoms with van der Waals surface area (Å²) in [6, 6.07) is -1.93. The number of nitrogens with zero attached hydrogens (tertiary/aromatic N) is 2. The Hall–Kier alpha value is -2.60. The molecule has 12 heteroatoms. The lowest BCUT2D eigenvalue weighted by atomic mass is 10.2. The Kier molecular flexibility index (Phi) is 10.1. The zero-order chi connectivity index (χ0) is 26.4. The highest BCUT2D eigenvalue weighted by molar-refractivity contribution is 5.83. The molecule has 0 spiro atoms. The van der Waals surface area contributed by atoms with Crippen molar-refractivity contribution in [3.63, 3.8) is 0 Å².